The summed E-state index contributed by atoms with van der Waals surface area (Å²) in [5.74, 6) is -0.911. The Balaban J connectivity index is 3.07. The van der Waals surface area contributed by atoms with Gasteiger partial charge in [-0.25, -0.2) is 9.80 Å². The van der Waals surface area contributed by atoms with E-state index in [1.165, 1.54) is 17.4 Å². The van der Waals surface area contributed by atoms with Gasteiger partial charge in [0.2, 0.25) is 0 Å². The van der Waals surface area contributed by atoms with Gasteiger partial charge in [-0.3, -0.25) is 9.78 Å². The number of aryl methyl sites for hydroxylation is 1. The average molecular weight is 361 g/mol. The van der Waals surface area contributed by atoms with Crippen LogP contribution >= 0.6 is 0 Å². The molecule has 0 aliphatic rings. The molecule has 0 unspecified atom stereocenters. The summed E-state index contributed by atoms with van der Waals surface area (Å²) in [7, 11) is 0. The van der Waals surface area contributed by atoms with Crippen LogP contribution in [-0.2, 0) is 9.53 Å². The van der Waals surface area contributed by atoms with E-state index in [-0.39, 0.29) is 23.3 Å². The van der Waals surface area contributed by atoms with Crippen LogP contribution < -0.4 is 16.1 Å². The van der Waals surface area contributed by atoms with Crippen LogP contribution in [0, 0.1) is 12.3 Å². The quantitative estimate of drug-likeness (QED) is 0.332. The first-order chi connectivity index (χ1) is 12.1. The molecule has 8 heteroatoms. The molecule has 0 aliphatic heterocycles. The normalized spacial score (nSPS) is 11.7. The highest BCUT2D eigenvalue weighted by atomic mass is 16.5. The van der Waals surface area contributed by atoms with E-state index in [0.717, 1.165) is 0 Å². The maximum Gasteiger partial charge on any atom is 0.339 e. The van der Waals surface area contributed by atoms with E-state index in [4.69, 9.17) is 10.5 Å². The number of nitrogens with one attached hydrogen (secondary N) is 1. The molecule has 142 valence electrons. The van der Waals surface area contributed by atoms with E-state index in [0.29, 0.717) is 17.9 Å². The van der Waals surface area contributed by atoms with Gasteiger partial charge in [0.05, 0.1) is 29.8 Å². The Labute approximate surface area is 154 Å². The van der Waals surface area contributed by atoms with Crippen LogP contribution in [0.3, 0.4) is 0 Å². The topological polar surface area (TPSA) is 110 Å². The second-order valence-corrected chi connectivity index (χ2v) is 6.86. The number of anilines is 1. The molecule has 1 amide bonds. The molecule has 0 saturated heterocycles. The molecule has 1 heterocycles. The van der Waals surface area contributed by atoms with Crippen molar-refractivity contribution in [2.24, 2.45) is 16.3 Å². The maximum atomic E-state index is 12.1. The lowest BCUT2D eigenvalue weighted by atomic mass is 9.97. The van der Waals surface area contributed by atoms with Gasteiger partial charge in [0.15, 0.2) is 0 Å². The largest absolute Gasteiger partial charge is 0.462 e. The molecule has 0 aromatic carbocycles. The lowest BCUT2D eigenvalue weighted by molar-refractivity contribution is -0.117. The number of carbonyl (C=O) groups is 2. The first-order valence-electron chi connectivity index (χ1n) is 8.24. The Hall–Kier alpha value is -2.90. The summed E-state index contributed by atoms with van der Waals surface area (Å²) in [6.45, 7) is 13.7. The van der Waals surface area contributed by atoms with Crippen molar-refractivity contribution in [3.05, 3.63) is 35.4 Å². The van der Waals surface area contributed by atoms with Gasteiger partial charge in [0.25, 0.3) is 5.91 Å². The number of hydrazone groups is 1. The van der Waals surface area contributed by atoms with E-state index >= 15 is 0 Å². The Morgan fingerprint density at radius 3 is 2.65 bits per heavy atom. The van der Waals surface area contributed by atoms with Gasteiger partial charge in [-0.2, -0.15) is 5.10 Å². The number of pyridine rings is 1. The second kappa shape index (κ2) is 8.98. The second-order valence-electron chi connectivity index (χ2n) is 6.86. The van der Waals surface area contributed by atoms with Crippen molar-refractivity contribution in [2.75, 3.05) is 18.2 Å². The standard InChI is InChI=1S/C18H27N5O3/c1-7-26-17(25)13-8-15(12(2)21-9-13)23(20-6)10-14(19)16(24)22-11-18(3,4)5/h8-10H,6-7,11,19H2,1-5H3,(H,22,24)/b14-10-. The number of nitrogens with zero attached hydrogens (tertiary/aromatic N) is 3. The number of amides is 1. The van der Waals surface area contributed by atoms with Crippen molar-refractivity contribution in [3.63, 3.8) is 0 Å². The predicted octanol–water partition coefficient (Wildman–Crippen LogP) is 1.95. The number of hydrogen-bond acceptors (Lipinski definition) is 7. The van der Waals surface area contributed by atoms with E-state index in [2.05, 4.69) is 22.1 Å². The summed E-state index contributed by atoms with van der Waals surface area (Å²) in [6.07, 6.45) is 2.76. The van der Waals surface area contributed by atoms with Crippen molar-refractivity contribution in [3.8, 4) is 0 Å². The molecule has 0 bridgehead atoms. The van der Waals surface area contributed by atoms with Crippen LogP contribution in [-0.4, -0.2) is 36.7 Å². The van der Waals surface area contributed by atoms with Crippen LogP contribution in [0.5, 0.6) is 0 Å². The van der Waals surface area contributed by atoms with Crippen molar-refractivity contribution in [1.82, 2.24) is 10.3 Å². The summed E-state index contributed by atoms with van der Waals surface area (Å²) in [4.78, 5) is 28.2. The number of ether oxygens (including phenoxy) is 1. The van der Waals surface area contributed by atoms with E-state index in [9.17, 15) is 9.59 Å². The van der Waals surface area contributed by atoms with Crippen LogP contribution in [0.1, 0.15) is 43.7 Å². The average Bonchev–Trinajstić information content (AvgIpc) is 2.57. The van der Waals surface area contributed by atoms with E-state index in [1.807, 2.05) is 20.8 Å². The molecule has 1 aromatic rings. The highest BCUT2D eigenvalue weighted by Gasteiger charge is 2.16. The van der Waals surface area contributed by atoms with Crippen molar-refractivity contribution >= 4 is 24.3 Å². The minimum absolute atomic E-state index is 0.0393. The number of rotatable bonds is 7. The van der Waals surface area contributed by atoms with Gasteiger partial charge in [-0.05, 0) is 25.3 Å². The van der Waals surface area contributed by atoms with Crippen LogP contribution in [0.25, 0.3) is 0 Å². The minimum atomic E-state index is -0.495. The monoisotopic (exact) mass is 361 g/mol. The fraction of sp³-hybridized carbons (Fsp3) is 0.444. The van der Waals surface area contributed by atoms with Crippen LogP contribution in [0.2, 0.25) is 0 Å². The van der Waals surface area contributed by atoms with Crippen molar-refractivity contribution < 1.29 is 14.3 Å². The van der Waals surface area contributed by atoms with Gasteiger partial charge in [-0.15, -0.1) is 0 Å². The van der Waals surface area contributed by atoms with Crippen molar-refractivity contribution in [2.45, 2.75) is 34.6 Å². The molecule has 0 aliphatic carbocycles. The fourth-order valence-electron chi connectivity index (χ4n) is 1.90. The zero-order valence-electron chi connectivity index (χ0n) is 16.0. The van der Waals surface area contributed by atoms with Gasteiger partial charge in [0, 0.05) is 19.5 Å². The molecule has 8 nitrogen and oxygen atoms in total. The Morgan fingerprint density at radius 2 is 2.12 bits per heavy atom. The van der Waals surface area contributed by atoms with Gasteiger partial charge in [0.1, 0.15) is 5.70 Å². The maximum absolute atomic E-state index is 12.1. The Kier molecular flexibility index (Phi) is 7.30. The number of nitrogens with two attached hydrogens (primary N) is 1. The third-order valence-electron chi connectivity index (χ3n) is 3.27. The van der Waals surface area contributed by atoms with Gasteiger partial charge < -0.3 is 15.8 Å². The Bertz CT molecular complexity index is 707. The number of carbonyl (C=O) groups excluding carboxylic acids is 2. The molecule has 0 atom stereocenters. The van der Waals surface area contributed by atoms with Crippen molar-refractivity contribution in [1.29, 1.82) is 0 Å². The molecular weight excluding hydrogens is 334 g/mol. The summed E-state index contributed by atoms with van der Waals surface area (Å²) < 4.78 is 4.97. The van der Waals surface area contributed by atoms with Gasteiger partial charge in [-0.1, -0.05) is 20.8 Å². The zero-order valence-corrected chi connectivity index (χ0v) is 16.0. The molecule has 0 spiro atoms. The molecule has 0 radical (unpaired) electrons. The highest BCUT2D eigenvalue weighted by Crippen LogP contribution is 2.21. The first kappa shape index (κ1) is 21.1. The zero-order chi connectivity index (χ0) is 19.9. The first-order valence-corrected chi connectivity index (χ1v) is 8.24. The molecule has 0 saturated carbocycles. The van der Waals surface area contributed by atoms with E-state index in [1.54, 1.807) is 19.9 Å². The lowest BCUT2D eigenvalue weighted by Gasteiger charge is -2.20. The third kappa shape index (κ3) is 6.19. The lowest BCUT2D eigenvalue weighted by Crippen LogP contribution is -2.35. The van der Waals surface area contributed by atoms with Gasteiger partial charge >= 0.3 is 5.97 Å². The fourth-order valence-corrected chi connectivity index (χ4v) is 1.90. The smallest absolute Gasteiger partial charge is 0.339 e. The third-order valence-corrected chi connectivity index (χ3v) is 3.27. The predicted molar refractivity (Wildman–Crippen MR) is 102 cm³/mol. The minimum Gasteiger partial charge on any atom is -0.462 e. The number of hydrogen-bond donors (Lipinski definition) is 2. The highest BCUT2D eigenvalue weighted by molar-refractivity contribution is 5.93. The molecule has 1 rings (SSSR count). The summed E-state index contributed by atoms with van der Waals surface area (Å²) in [5.41, 5.74) is 7.08. The molecule has 26 heavy (non-hydrogen) atoms. The SMILES string of the molecule is C=NN(/C=C(\N)C(=O)NCC(C)(C)C)c1cc(C(=O)OCC)cnc1C. The number of esters is 1. The number of aromatic nitrogens is 1. The molecule has 3 N–H and O–H groups in total. The van der Waals surface area contributed by atoms with E-state index < -0.39 is 11.9 Å². The molecule has 1 aromatic heterocycles. The van der Waals surface area contributed by atoms with Crippen LogP contribution in [0.15, 0.2) is 29.3 Å². The summed E-state index contributed by atoms with van der Waals surface area (Å²) >= 11 is 0. The van der Waals surface area contributed by atoms with Crippen LogP contribution in [0.4, 0.5) is 5.69 Å². The molecular formula is C18H27N5O3. The Morgan fingerprint density at radius 1 is 1.46 bits per heavy atom. The molecule has 0 fully saturated rings. The summed E-state index contributed by atoms with van der Waals surface area (Å²) in [5, 5.41) is 7.91. The summed E-state index contributed by atoms with van der Waals surface area (Å²) in [6, 6.07) is 1.56.